The standard InChI is InChI=1S/C13H13BrFNO2/c1-9(4-6-15)18-13-3-2-10(14)8-11(13)12-5-7-17-16-12/h2-3,5,7-9H,4,6H2,1H3/t9-/m1/s1. The van der Waals surface area contributed by atoms with Crippen molar-refractivity contribution in [1.82, 2.24) is 5.16 Å². The van der Waals surface area contributed by atoms with Gasteiger partial charge in [-0.25, -0.2) is 0 Å². The first-order chi connectivity index (χ1) is 8.70. The molecule has 0 amide bonds. The number of benzene rings is 1. The molecule has 0 saturated heterocycles. The predicted octanol–water partition coefficient (Wildman–Crippen LogP) is 4.23. The van der Waals surface area contributed by atoms with Crippen LogP contribution in [-0.4, -0.2) is 17.9 Å². The van der Waals surface area contributed by atoms with Gasteiger partial charge in [-0.3, -0.25) is 4.39 Å². The number of aromatic nitrogens is 1. The molecule has 3 nitrogen and oxygen atoms in total. The van der Waals surface area contributed by atoms with Crippen molar-refractivity contribution >= 4 is 15.9 Å². The van der Waals surface area contributed by atoms with E-state index in [2.05, 4.69) is 21.1 Å². The van der Waals surface area contributed by atoms with Crippen molar-refractivity contribution in [3.05, 3.63) is 35.0 Å². The molecule has 5 heteroatoms. The number of hydrogen-bond donors (Lipinski definition) is 0. The molecule has 0 aliphatic carbocycles. The molecule has 0 fully saturated rings. The molecule has 1 aromatic carbocycles. The summed E-state index contributed by atoms with van der Waals surface area (Å²) in [6, 6.07) is 7.37. The van der Waals surface area contributed by atoms with Gasteiger partial charge >= 0.3 is 0 Å². The number of alkyl halides is 1. The molecule has 0 bridgehead atoms. The molecule has 0 saturated carbocycles. The number of hydrogen-bond acceptors (Lipinski definition) is 3. The zero-order valence-electron chi connectivity index (χ0n) is 9.90. The van der Waals surface area contributed by atoms with Crippen LogP contribution in [0.25, 0.3) is 11.3 Å². The zero-order valence-corrected chi connectivity index (χ0v) is 11.5. The van der Waals surface area contributed by atoms with Gasteiger partial charge in [0.1, 0.15) is 17.7 Å². The molecule has 0 spiro atoms. The van der Waals surface area contributed by atoms with E-state index in [0.29, 0.717) is 17.9 Å². The Morgan fingerprint density at radius 2 is 2.28 bits per heavy atom. The first-order valence-electron chi connectivity index (χ1n) is 5.63. The van der Waals surface area contributed by atoms with Gasteiger partial charge in [-0.1, -0.05) is 21.1 Å². The maximum absolute atomic E-state index is 12.3. The smallest absolute Gasteiger partial charge is 0.129 e. The summed E-state index contributed by atoms with van der Waals surface area (Å²) in [6.45, 7) is 1.45. The van der Waals surface area contributed by atoms with E-state index in [4.69, 9.17) is 9.26 Å². The molecule has 1 atom stereocenters. The Hall–Kier alpha value is -1.36. The van der Waals surface area contributed by atoms with Crippen LogP contribution in [0.2, 0.25) is 0 Å². The molecule has 0 aliphatic rings. The van der Waals surface area contributed by atoms with Gasteiger partial charge in [0.2, 0.25) is 0 Å². The highest BCUT2D eigenvalue weighted by molar-refractivity contribution is 9.10. The Labute approximate surface area is 113 Å². The van der Waals surface area contributed by atoms with Crippen LogP contribution in [0.3, 0.4) is 0 Å². The predicted molar refractivity (Wildman–Crippen MR) is 70.3 cm³/mol. The molecule has 96 valence electrons. The van der Waals surface area contributed by atoms with Crippen molar-refractivity contribution in [2.24, 2.45) is 0 Å². The highest BCUT2D eigenvalue weighted by atomic mass is 79.9. The van der Waals surface area contributed by atoms with E-state index in [1.165, 1.54) is 6.26 Å². The van der Waals surface area contributed by atoms with E-state index in [1.54, 1.807) is 6.07 Å². The Kier molecular flexibility index (Phi) is 4.36. The van der Waals surface area contributed by atoms with Gasteiger partial charge in [0.15, 0.2) is 0 Å². The second-order valence-corrected chi connectivity index (χ2v) is 4.85. The lowest BCUT2D eigenvalue weighted by molar-refractivity contribution is 0.198. The lowest BCUT2D eigenvalue weighted by Gasteiger charge is -2.15. The Morgan fingerprint density at radius 3 is 2.94 bits per heavy atom. The van der Waals surface area contributed by atoms with Crippen LogP contribution in [0.15, 0.2) is 39.5 Å². The summed E-state index contributed by atoms with van der Waals surface area (Å²) >= 11 is 3.40. The van der Waals surface area contributed by atoms with Crippen LogP contribution >= 0.6 is 15.9 Å². The van der Waals surface area contributed by atoms with Gasteiger partial charge in [0, 0.05) is 22.5 Å². The molecule has 2 rings (SSSR count). The highest BCUT2D eigenvalue weighted by Crippen LogP contribution is 2.32. The largest absolute Gasteiger partial charge is 0.490 e. The first kappa shape index (κ1) is 13.1. The quantitative estimate of drug-likeness (QED) is 0.828. The number of ether oxygens (including phenoxy) is 1. The fourth-order valence-corrected chi connectivity index (χ4v) is 1.95. The third-order valence-corrected chi connectivity index (χ3v) is 2.99. The third kappa shape index (κ3) is 3.10. The minimum atomic E-state index is -0.392. The molecule has 18 heavy (non-hydrogen) atoms. The highest BCUT2D eigenvalue weighted by Gasteiger charge is 2.12. The van der Waals surface area contributed by atoms with Crippen LogP contribution in [0, 0.1) is 0 Å². The molecule has 0 radical (unpaired) electrons. The third-order valence-electron chi connectivity index (χ3n) is 2.50. The maximum atomic E-state index is 12.3. The fraction of sp³-hybridized carbons (Fsp3) is 0.308. The van der Waals surface area contributed by atoms with E-state index in [1.807, 2.05) is 25.1 Å². The van der Waals surface area contributed by atoms with Crippen molar-refractivity contribution in [1.29, 1.82) is 0 Å². The van der Waals surface area contributed by atoms with Crippen molar-refractivity contribution in [2.75, 3.05) is 6.67 Å². The summed E-state index contributed by atoms with van der Waals surface area (Å²) in [6.07, 6.45) is 1.70. The van der Waals surface area contributed by atoms with E-state index >= 15 is 0 Å². The van der Waals surface area contributed by atoms with Gasteiger partial charge < -0.3 is 9.26 Å². The average Bonchev–Trinajstić information content (AvgIpc) is 2.85. The fourth-order valence-electron chi connectivity index (χ4n) is 1.59. The van der Waals surface area contributed by atoms with Crippen LogP contribution in [-0.2, 0) is 0 Å². The zero-order chi connectivity index (χ0) is 13.0. The summed E-state index contributed by atoms with van der Waals surface area (Å²) in [7, 11) is 0. The maximum Gasteiger partial charge on any atom is 0.129 e. The minimum absolute atomic E-state index is 0.179. The Bertz CT molecular complexity index is 502. The molecule has 0 N–H and O–H groups in total. The number of halogens is 2. The van der Waals surface area contributed by atoms with Crippen molar-refractivity contribution in [3.63, 3.8) is 0 Å². The summed E-state index contributed by atoms with van der Waals surface area (Å²) in [5, 5.41) is 3.89. The van der Waals surface area contributed by atoms with Crippen molar-refractivity contribution < 1.29 is 13.7 Å². The SMILES string of the molecule is C[C@H](CCF)Oc1ccc(Br)cc1-c1ccon1. The lowest BCUT2D eigenvalue weighted by atomic mass is 10.1. The van der Waals surface area contributed by atoms with Crippen LogP contribution in [0.5, 0.6) is 5.75 Å². The second-order valence-electron chi connectivity index (χ2n) is 3.93. The lowest BCUT2D eigenvalue weighted by Crippen LogP contribution is -2.12. The second kappa shape index (κ2) is 6.00. The summed E-state index contributed by atoms with van der Waals surface area (Å²) in [5.74, 6) is 0.674. The van der Waals surface area contributed by atoms with Crippen LogP contribution < -0.4 is 4.74 Å². The van der Waals surface area contributed by atoms with Crippen LogP contribution in [0.4, 0.5) is 4.39 Å². The van der Waals surface area contributed by atoms with Gasteiger partial charge in [0.25, 0.3) is 0 Å². The van der Waals surface area contributed by atoms with Gasteiger partial charge in [0.05, 0.1) is 12.8 Å². The normalized spacial score (nSPS) is 12.4. The summed E-state index contributed by atoms with van der Waals surface area (Å²) < 4.78 is 23.7. The molecule has 1 heterocycles. The molecule has 1 aromatic heterocycles. The Balaban J connectivity index is 2.29. The van der Waals surface area contributed by atoms with Gasteiger partial charge in [-0.2, -0.15) is 0 Å². The van der Waals surface area contributed by atoms with E-state index in [9.17, 15) is 4.39 Å². The van der Waals surface area contributed by atoms with Gasteiger partial charge in [-0.15, -0.1) is 0 Å². The molecular weight excluding hydrogens is 301 g/mol. The number of nitrogens with zero attached hydrogens (tertiary/aromatic N) is 1. The molecule has 2 aromatic rings. The molecule has 0 unspecified atom stereocenters. The molecule has 0 aliphatic heterocycles. The van der Waals surface area contributed by atoms with E-state index < -0.39 is 6.67 Å². The average molecular weight is 314 g/mol. The van der Waals surface area contributed by atoms with Gasteiger partial charge in [-0.05, 0) is 25.1 Å². The van der Waals surface area contributed by atoms with E-state index in [0.717, 1.165) is 10.0 Å². The molecular formula is C13H13BrFNO2. The van der Waals surface area contributed by atoms with E-state index in [-0.39, 0.29) is 6.10 Å². The number of rotatable bonds is 5. The van der Waals surface area contributed by atoms with Crippen LogP contribution in [0.1, 0.15) is 13.3 Å². The Morgan fingerprint density at radius 1 is 1.44 bits per heavy atom. The summed E-state index contributed by atoms with van der Waals surface area (Å²) in [5.41, 5.74) is 1.52. The monoisotopic (exact) mass is 313 g/mol. The minimum Gasteiger partial charge on any atom is -0.490 e. The topological polar surface area (TPSA) is 35.3 Å². The van der Waals surface area contributed by atoms with Crippen molar-refractivity contribution in [2.45, 2.75) is 19.4 Å². The first-order valence-corrected chi connectivity index (χ1v) is 6.43. The van der Waals surface area contributed by atoms with Crippen molar-refractivity contribution in [3.8, 4) is 17.0 Å². The summed E-state index contributed by atoms with van der Waals surface area (Å²) in [4.78, 5) is 0.